The third kappa shape index (κ3) is 11.4. The van der Waals surface area contributed by atoms with Gasteiger partial charge in [0.1, 0.15) is 12.4 Å². The first-order valence-corrected chi connectivity index (χ1v) is 12.8. The van der Waals surface area contributed by atoms with Crippen LogP contribution in [0.4, 0.5) is 0 Å². The monoisotopic (exact) mass is 513 g/mol. The van der Waals surface area contributed by atoms with Crippen LogP contribution in [0.15, 0.2) is 54.6 Å². The second-order valence-corrected chi connectivity index (χ2v) is 8.90. The first kappa shape index (κ1) is 29.8. The van der Waals surface area contributed by atoms with Gasteiger partial charge in [0.15, 0.2) is 0 Å². The van der Waals surface area contributed by atoms with E-state index in [1.807, 2.05) is 24.3 Å². The van der Waals surface area contributed by atoms with Gasteiger partial charge in [0.05, 0.1) is 0 Å². The highest BCUT2D eigenvalue weighted by molar-refractivity contribution is 6.27. The van der Waals surface area contributed by atoms with Crippen molar-refractivity contribution in [1.29, 1.82) is 0 Å². The van der Waals surface area contributed by atoms with E-state index in [0.717, 1.165) is 64.4 Å². The molecule has 0 aliphatic carbocycles. The fourth-order valence-electron chi connectivity index (χ4n) is 4.11. The Labute approximate surface area is 219 Å². The van der Waals surface area contributed by atoms with Crippen molar-refractivity contribution in [2.24, 2.45) is 5.92 Å². The van der Waals surface area contributed by atoms with Gasteiger partial charge in [-0.05, 0) is 62.3 Å². The van der Waals surface area contributed by atoms with E-state index in [2.05, 4.69) is 59.3 Å². The zero-order chi connectivity index (χ0) is 27.0. The predicted molar refractivity (Wildman–Crippen MR) is 141 cm³/mol. The number of carbonyl (C=O) groups is 3. The molecule has 1 amide bonds. The average Bonchev–Trinajstić information content (AvgIpc) is 2.91. The van der Waals surface area contributed by atoms with E-state index in [1.165, 1.54) is 11.1 Å². The summed E-state index contributed by atoms with van der Waals surface area (Å²) in [5, 5.41) is 17.9. The van der Waals surface area contributed by atoms with Crippen LogP contribution in [0.1, 0.15) is 37.8 Å². The Kier molecular flexibility index (Phi) is 13.2. The number of rotatable bonds is 11. The van der Waals surface area contributed by atoms with Crippen molar-refractivity contribution in [2.45, 2.75) is 39.8 Å². The molecule has 1 heterocycles. The Hall–Kier alpha value is -3.43. The zero-order valence-corrected chi connectivity index (χ0v) is 21.8. The molecule has 3 N–H and O–H groups in total. The van der Waals surface area contributed by atoms with Crippen molar-refractivity contribution in [3.05, 3.63) is 65.7 Å². The number of carboxylic acids is 2. The van der Waals surface area contributed by atoms with E-state index >= 15 is 0 Å². The van der Waals surface area contributed by atoms with E-state index in [0.29, 0.717) is 6.61 Å². The van der Waals surface area contributed by atoms with Gasteiger partial charge in [0.2, 0.25) is 5.91 Å². The number of nitrogens with one attached hydrogen (secondary N) is 1. The molecule has 37 heavy (non-hydrogen) atoms. The Balaban J connectivity index is 0.000000717. The Morgan fingerprint density at radius 2 is 1.57 bits per heavy atom. The average molecular weight is 514 g/mol. The standard InChI is InChI=1S/C26H37N3O2.C2H2O4/c1-3-28(4-2)18-15-27-26(30)24-13-16-29(17-14-24)20-23-11-8-12-25(19-23)31-21-22-9-6-5-7-10-22;3-1(4)2(5)6/h5-12,19,24H,3-4,13-18,20-21H2,1-2H3,(H,27,30);(H,3,4)(H,5,6). The van der Waals surface area contributed by atoms with E-state index in [1.54, 1.807) is 0 Å². The van der Waals surface area contributed by atoms with Crippen molar-refractivity contribution >= 4 is 17.8 Å². The van der Waals surface area contributed by atoms with E-state index < -0.39 is 11.9 Å². The van der Waals surface area contributed by atoms with Crippen molar-refractivity contribution in [3.8, 4) is 5.75 Å². The number of carbonyl (C=O) groups excluding carboxylic acids is 1. The molecule has 1 fully saturated rings. The number of hydrogen-bond donors (Lipinski definition) is 3. The second-order valence-electron chi connectivity index (χ2n) is 8.90. The van der Waals surface area contributed by atoms with Crippen LogP contribution < -0.4 is 10.1 Å². The van der Waals surface area contributed by atoms with Crippen LogP contribution in [-0.4, -0.2) is 77.1 Å². The molecule has 0 radical (unpaired) electrons. The normalized spacial score (nSPS) is 13.9. The molecule has 3 rings (SSSR count). The Morgan fingerprint density at radius 1 is 0.946 bits per heavy atom. The molecule has 1 aliphatic heterocycles. The van der Waals surface area contributed by atoms with Gasteiger partial charge >= 0.3 is 11.9 Å². The van der Waals surface area contributed by atoms with Gasteiger partial charge in [0, 0.05) is 25.6 Å². The van der Waals surface area contributed by atoms with Crippen molar-refractivity contribution < 1.29 is 29.3 Å². The van der Waals surface area contributed by atoms with Gasteiger partial charge in [-0.25, -0.2) is 9.59 Å². The lowest BCUT2D eigenvalue weighted by Crippen LogP contribution is -2.42. The summed E-state index contributed by atoms with van der Waals surface area (Å²) in [7, 11) is 0. The topological polar surface area (TPSA) is 119 Å². The molecule has 0 saturated carbocycles. The van der Waals surface area contributed by atoms with Gasteiger partial charge in [0.25, 0.3) is 0 Å². The molecular weight excluding hydrogens is 474 g/mol. The summed E-state index contributed by atoms with van der Waals surface area (Å²) in [5.41, 5.74) is 2.43. The third-order valence-corrected chi connectivity index (χ3v) is 6.32. The molecule has 1 aliphatic rings. The second kappa shape index (κ2) is 16.3. The molecule has 0 bridgehead atoms. The number of ether oxygens (including phenoxy) is 1. The Bertz CT molecular complexity index is 961. The molecule has 2 aromatic carbocycles. The number of likely N-dealkylation sites (N-methyl/N-ethyl adjacent to an activating group) is 1. The van der Waals surface area contributed by atoms with Gasteiger partial charge in [-0.3, -0.25) is 9.69 Å². The summed E-state index contributed by atoms with van der Waals surface area (Å²) in [6.07, 6.45) is 1.86. The van der Waals surface area contributed by atoms with Crippen molar-refractivity contribution in [3.63, 3.8) is 0 Å². The summed E-state index contributed by atoms with van der Waals surface area (Å²) < 4.78 is 5.97. The minimum absolute atomic E-state index is 0.147. The number of aliphatic carboxylic acids is 2. The molecular formula is C28H39N3O6. The van der Waals surface area contributed by atoms with Gasteiger partial charge < -0.3 is 25.2 Å². The maximum absolute atomic E-state index is 12.5. The first-order chi connectivity index (χ1) is 17.8. The van der Waals surface area contributed by atoms with Crippen molar-refractivity contribution in [2.75, 3.05) is 39.3 Å². The fraction of sp³-hybridized carbons (Fsp3) is 0.464. The number of piperidine rings is 1. The summed E-state index contributed by atoms with van der Waals surface area (Å²) in [6.45, 7) is 11.5. The van der Waals surface area contributed by atoms with E-state index in [-0.39, 0.29) is 11.8 Å². The zero-order valence-electron chi connectivity index (χ0n) is 21.8. The number of likely N-dealkylation sites (tertiary alicyclic amines) is 1. The predicted octanol–water partition coefficient (Wildman–Crippen LogP) is 3.09. The quantitative estimate of drug-likeness (QED) is 0.392. The van der Waals surface area contributed by atoms with Crippen LogP contribution in [-0.2, 0) is 27.5 Å². The maximum atomic E-state index is 12.5. The van der Waals surface area contributed by atoms with Crippen molar-refractivity contribution in [1.82, 2.24) is 15.1 Å². The lowest BCUT2D eigenvalue weighted by atomic mass is 9.95. The molecule has 2 aromatic rings. The van der Waals surface area contributed by atoms with E-state index in [4.69, 9.17) is 24.5 Å². The minimum Gasteiger partial charge on any atom is -0.489 e. The number of amides is 1. The van der Waals surface area contributed by atoms with Crippen LogP contribution in [0.5, 0.6) is 5.75 Å². The highest BCUT2D eigenvalue weighted by atomic mass is 16.5. The van der Waals surface area contributed by atoms with Crippen LogP contribution in [0.3, 0.4) is 0 Å². The molecule has 9 nitrogen and oxygen atoms in total. The van der Waals surface area contributed by atoms with Gasteiger partial charge in [-0.15, -0.1) is 0 Å². The highest BCUT2D eigenvalue weighted by Gasteiger charge is 2.24. The molecule has 0 spiro atoms. The molecule has 0 atom stereocenters. The summed E-state index contributed by atoms with van der Waals surface area (Å²) in [6, 6.07) is 18.6. The molecule has 202 valence electrons. The highest BCUT2D eigenvalue weighted by Crippen LogP contribution is 2.21. The number of nitrogens with zero attached hydrogens (tertiary/aromatic N) is 2. The van der Waals surface area contributed by atoms with Gasteiger partial charge in [-0.2, -0.15) is 0 Å². The number of benzene rings is 2. The van der Waals surface area contributed by atoms with E-state index in [9.17, 15) is 4.79 Å². The molecule has 1 saturated heterocycles. The largest absolute Gasteiger partial charge is 0.489 e. The smallest absolute Gasteiger partial charge is 0.414 e. The number of hydrogen-bond acceptors (Lipinski definition) is 6. The van der Waals surface area contributed by atoms with Crippen LogP contribution in [0.25, 0.3) is 0 Å². The third-order valence-electron chi connectivity index (χ3n) is 6.32. The summed E-state index contributed by atoms with van der Waals surface area (Å²) in [5.74, 6) is -2.37. The fourth-order valence-corrected chi connectivity index (χ4v) is 4.11. The lowest BCUT2D eigenvalue weighted by molar-refractivity contribution is -0.159. The molecule has 0 aromatic heterocycles. The first-order valence-electron chi connectivity index (χ1n) is 12.8. The maximum Gasteiger partial charge on any atom is 0.414 e. The van der Waals surface area contributed by atoms with Crippen LogP contribution >= 0.6 is 0 Å². The molecule has 0 unspecified atom stereocenters. The lowest BCUT2D eigenvalue weighted by Gasteiger charge is -2.31. The number of carboxylic acid groups (broad SMARTS) is 2. The van der Waals surface area contributed by atoms with Crippen LogP contribution in [0, 0.1) is 5.92 Å². The SMILES string of the molecule is CCN(CC)CCNC(=O)C1CCN(Cc2cccc(OCc3ccccc3)c2)CC1.O=C(O)C(=O)O. The summed E-state index contributed by atoms with van der Waals surface area (Å²) in [4.78, 5) is 35.5. The summed E-state index contributed by atoms with van der Waals surface area (Å²) >= 11 is 0. The molecule has 9 heteroatoms. The minimum atomic E-state index is -1.82. The van der Waals surface area contributed by atoms with Crippen LogP contribution in [0.2, 0.25) is 0 Å². The Morgan fingerprint density at radius 3 is 2.16 bits per heavy atom. The van der Waals surface area contributed by atoms with Gasteiger partial charge in [-0.1, -0.05) is 56.3 Å².